The Bertz CT molecular complexity index is 357. The minimum atomic E-state index is -5.87. The van der Waals surface area contributed by atoms with Crippen LogP contribution < -0.4 is 0 Å². The third-order valence-corrected chi connectivity index (χ3v) is 3.06. The Labute approximate surface area is 101 Å². The van der Waals surface area contributed by atoms with Crippen LogP contribution >= 0.6 is 0 Å². The highest BCUT2D eigenvalue weighted by atomic mass is 19.4. The second-order valence-electron chi connectivity index (χ2n) is 5.66. The number of hydrogen-bond acceptors (Lipinski definition) is 2. The molecule has 2 nitrogen and oxygen atoms in total. The summed E-state index contributed by atoms with van der Waals surface area (Å²) >= 11 is 0. The Morgan fingerprint density at radius 2 is 1.56 bits per heavy atom. The van der Waals surface area contributed by atoms with Crippen LogP contribution in [0.4, 0.5) is 22.0 Å². The molecule has 0 radical (unpaired) electrons. The van der Waals surface area contributed by atoms with Crippen LogP contribution in [0.3, 0.4) is 0 Å². The molecule has 1 saturated heterocycles. The summed E-state index contributed by atoms with van der Waals surface area (Å²) in [5.74, 6) is -8.94. The van der Waals surface area contributed by atoms with E-state index in [1.165, 1.54) is 13.8 Å². The summed E-state index contributed by atoms with van der Waals surface area (Å²) in [5, 5.41) is 0. The van der Waals surface area contributed by atoms with Crippen molar-refractivity contribution in [3.8, 4) is 0 Å². The molecule has 0 saturated carbocycles. The second kappa shape index (κ2) is 3.88. The molecule has 0 aromatic heterocycles. The number of ether oxygens (including phenoxy) is 1. The highest BCUT2D eigenvalue weighted by Crippen LogP contribution is 2.47. The van der Waals surface area contributed by atoms with Gasteiger partial charge in [0.25, 0.3) is 0 Å². The molecule has 7 heteroatoms. The molecule has 1 unspecified atom stereocenters. The standard InChI is InChI=1S/C11H15F5O2/c1-8(2)5-6(9(3,4)18-8)7(17)10(12,13)11(14,15)16/h6H,5H2,1-4H3. The third kappa shape index (κ3) is 2.50. The van der Waals surface area contributed by atoms with E-state index < -0.39 is 35.0 Å². The Morgan fingerprint density at radius 1 is 1.11 bits per heavy atom. The molecule has 0 aromatic carbocycles. The van der Waals surface area contributed by atoms with Crippen LogP contribution in [0.1, 0.15) is 34.1 Å². The maximum absolute atomic E-state index is 13.0. The second-order valence-corrected chi connectivity index (χ2v) is 5.66. The zero-order valence-electron chi connectivity index (χ0n) is 10.5. The van der Waals surface area contributed by atoms with Crippen LogP contribution in [0.15, 0.2) is 0 Å². The van der Waals surface area contributed by atoms with Gasteiger partial charge in [0.2, 0.25) is 5.78 Å². The summed E-state index contributed by atoms with van der Waals surface area (Å²) in [6.07, 6.45) is -6.03. The highest BCUT2D eigenvalue weighted by molar-refractivity contribution is 5.90. The molecule has 18 heavy (non-hydrogen) atoms. The fourth-order valence-electron chi connectivity index (χ4n) is 2.33. The molecule has 0 aliphatic carbocycles. The van der Waals surface area contributed by atoms with E-state index in [0.717, 1.165) is 0 Å². The van der Waals surface area contributed by atoms with E-state index in [-0.39, 0.29) is 6.42 Å². The zero-order valence-corrected chi connectivity index (χ0v) is 10.5. The maximum atomic E-state index is 13.0. The van der Waals surface area contributed by atoms with Crippen LogP contribution in [0.25, 0.3) is 0 Å². The zero-order chi connectivity index (χ0) is 14.6. The van der Waals surface area contributed by atoms with Crippen LogP contribution in [0, 0.1) is 5.92 Å². The van der Waals surface area contributed by atoms with Crippen molar-refractivity contribution in [3.63, 3.8) is 0 Å². The van der Waals surface area contributed by atoms with E-state index in [2.05, 4.69) is 0 Å². The molecule has 1 rings (SSSR count). The third-order valence-electron chi connectivity index (χ3n) is 3.06. The van der Waals surface area contributed by atoms with Crippen LogP contribution in [0.2, 0.25) is 0 Å². The number of hydrogen-bond donors (Lipinski definition) is 0. The fourth-order valence-corrected chi connectivity index (χ4v) is 2.33. The maximum Gasteiger partial charge on any atom is 0.461 e. The van der Waals surface area contributed by atoms with Gasteiger partial charge in [-0.05, 0) is 34.1 Å². The molecule has 106 valence electrons. The molecular weight excluding hydrogens is 259 g/mol. The van der Waals surface area contributed by atoms with Crippen molar-refractivity contribution < 1.29 is 31.5 Å². The van der Waals surface area contributed by atoms with Crippen molar-refractivity contribution in [2.45, 2.75) is 57.4 Å². The van der Waals surface area contributed by atoms with Crippen molar-refractivity contribution in [3.05, 3.63) is 0 Å². The first-order valence-electron chi connectivity index (χ1n) is 5.40. The number of carbonyl (C=O) groups excluding carboxylic acids is 1. The summed E-state index contributed by atoms with van der Waals surface area (Å²) < 4.78 is 67.9. The van der Waals surface area contributed by atoms with Gasteiger partial charge in [-0.3, -0.25) is 4.79 Å². The number of alkyl halides is 5. The fraction of sp³-hybridized carbons (Fsp3) is 0.909. The van der Waals surface area contributed by atoms with E-state index >= 15 is 0 Å². The summed E-state index contributed by atoms with van der Waals surface area (Å²) in [5.41, 5.74) is -2.24. The summed E-state index contributed by atoms with van der Waals surface area (Å²) in [6, 6.07) is 0. The number of ketones is 1. The minimum Gasteiger partial charge on any atom is -0.369 e. The Morgan fingerprint density at radius 3 is 1.83 bits per heavy atom. The predicted octanol–water partition coefficient (Wildman–Crippen LogP) is 3.35. The lowest BCUT2D eigenvalue weighted by Crippen LogP contribution is -2.50. The van der Waals surface area contributed by atoms with Crippen LogP contribution in [-0.4, -0.2) is 29.1 Å². The number of carbonyl (C=O) groups is 1. The normalized spacial score (nSPS) is 27.3. The van der Waals surface area contributed by atoms with Gasteiger partial charge in [0.05, 0.1) is 17.1 Å². The van der Waals surface area contributed by atoms with E-state index in [9.17, 15) is 26.7 Å². The molecule has 1 aliphatic heterocycles. The first-order valence-corrected chi connectivity index (χ1v) is 5.40. The number of Topliss-reactive ketones (excluding diaryl/α,β-unsaturated/α-hetero) is 1. The molecule has 1 fully saturated rings. The summed E-state index contributed by atoms with van der Waals surface area (Å²) in [6.45, 7) is 5.79. The van der Waals surface area contributed by atoms with Crippen molar-refractivity contribution in [2.24, 2.45) is 5.92 Å². The number of halogens is 5. The lowest BCUT2D eigenvalue weighted by molar-refractivity contribution is -0.271. The van der Waals surface area contributed by atoms with Crippen LogP contribution in [0.5, 0.6) is 0 Å². The van der Waals surface area contributed by atoms with Crippen molar-refractivity contribution >= 4 is 5.78 Å². The van der Waals surface area contributed by atoms with E-state index in [1.807, 2.05) is 0 Å². The smallest absolute Gasteiger partial charge is 0.369 e. The van der Waals surface area contributed by atoms with Crippen molar-refractivity contribution in [1.82, 2.24) is 0 Å². The lowest BCUT2D eigenvalue weighted by atomic mass is 9.82. The molecule has 0 amide bonds. The first kappa shape index (κ1) is 15.3. The average Bonchev–Trinajstić information content (AvgIpc) is 2.30. The van der Waals surface area contributed by atoms with Gasteiger partial charge in [-0.15, -0.1) is 0 Å². The highest BCUT2D eigenvalue weighted by Gasteiger charge is 2.67. The minimum absolute atomic E-state index is 0.162. The molecule has 1 aliphatic rings. The molecule has 0 spiro atoms. The van der Waals surface area contributed by atoms with Crippen molar-refractivity contribution in [1.29, 1.82) is 0 Å². The Kier molecular flexibility index (Phi) is 3.31. The topological polar surface area (TPSA) is 26.3 Å². The van der Waals surface area contributed by atoms with E-state index in [0.29, 0.717) is 0 Å². The van der Waals surface area contributed by atoms with Gasteiger partial charge < -0.3 is 4.74 Å². The van der Waals surface area contributed by atoms with E-state index in [1.54, 1.807) is 13.8 Å². The molecule has 1 heterocycles. The first-order chi connectivity index (χ1) is 7.71. The van der Waals surface area contributed by atoms with Gasteiger partial charge >= 0.3 is 12.1 Å². The van der Waals surface area contributed by atoms with Gasteiger partial charge in [-0.1, -0.05) is 0 Å². The lowest BCUT2D eigenvalue weighted by Gasteiger charge is -2.29. The monoisotopic (exact) mass is 274 g/mol. The van der Waals surface area contributed by atoms with Gasteiger partial charge in [0, 0.05) is 0 Å². The molecule has 0 N–H and O–H groups in total. The predicted molar refractivity (Wildman–Crippen MR) is 53.4 cm³/mol. The van der Waals surface area contributed by atoms with Gasteiger partial charge in [-0.25, -0.2) is 0 Å². The summed E-state index contributed by atoms with van der Waals surface area (Å²) in [4.78, 5) is 11.5. The molecule has 0 bridgehead atoms. The Balaban J connectivity index is 3.06. The van der Waals surface area contributed by atoms with Gasteiger partial charge in [0.1, 0.15) is 0 Å². The van der Waals surface area contributed by atoms with Gasteiger partial charge in [-0.2, -0.15) is 22.0 Å². The van der Waals surface area contributed by atoms with Gasteiger partial charge in [0.15, 0.2) is 0 Å². The average molecular weight is 274 g/mol. The van der Waals surface area contributed by atoms with Crippen molar-refractivity contribution in [2.75, 3.05) is 0 Å². The molecular formula is C11H15F5O2. The SMILES string of the molecule is CC1(C)CC(C(=O)C(F)(F)C(F)(F)F)C(C)(C)O1. The Hall–Kier alpha value is -0.720. The van der Waals surface area contributed by atoms with Crippen LogP contribution in [-0.2, 0) is 9.53 Å². The summed E-state index contributed by atoms with van der Waals surface area (Å²) in [7, 11) is 0. The largest absolute Gasteiger partial charge is 0.461 e. The number of rotatable bonds is 2. The molecule has 0 aromatic rings. The molecule has 1 atom stereocenters. The van der Waals surface area contributed by atoms with E-state index in [4.69, 9.17) is 4.74 Å². The quantitative estimate of drug-likeness (QED) is 0.722.